The molecule has 12 aromatic rings. The molecule has 4 aliphatic carbocycles. The highest BCUT2D eigenvalue weighted by molar-refractivity contribution is 6.20. The van der Waals surface area contributed by atoms with Gasteiger partial charge in [-0.15, -0.1) is 0 Å². The minimum Gasteiger partial charge on any atom is -0.462 e. The summed E-state index contributed by atoms with van der Waals surface area (Å²) in [6.45, 7) is 6.34. The van der Waals surface area contributed by atoms with Crippen LogP contribution in [0.5, 0.6) is 0 Å². The van der Waals surface area contributed by atoms with Gasteiger partial charge in [-0.2, -0.15) is 0 Å². The average molecular weight is 1850 g/mol. The predicted octanol–water partition coefficient (Wildman–Crippen LogP) is 13.2. The van der Waals surface area contributed by atoms with Gasteiger partial charge in [-0.1, -0.05) is 145 Å². The Labute approximate surface area is 770 Å². The summed E-state index contributed by atoms with van der Waals surface area (Å²) in [5.41, 5.74) is 6.78. The van der Waals surface area contributed by atoms with Crippen LogP contribution in [0.1, 0.15) is 173 Å². The zero-order valence-electron chi connectivity index (χ0n) is 72.8. The van der Waals surface area contributed by atoms with Gasteiger partial charge in [0.15, 0.2) is 87.8 Å². The summed E-state index contributed by atoms with van der Waals surface area (Å²) >= 11 is 6.74. The molecule has 0 bridgehead atoms. The summed E-state index contributed by atoms with van der Waals surface area (Å²) in [7, 11) is 0. The number of urea groups is 3. The maximum absolute atomic E-state index is 14.8. The number of halogens is 2. The van der Waals surface area contributed by atoms with Gasteiger partial charge in [-0.25, -0.2) is 78.0 Å². The molecular formula is C94H96ClFN18O20. The molecule has 6 N–H and O–H groups in total. The number of fused-ring (bicyclic) bond motifs is 6. The first-order valence-corrected chi connectivity index (χ1v) is 45.0. The van der Waals surface area contributed by atoms with E-state index in [4.69, 9.17) is 77.9 Å². The molecule has 6 aromatic carbocycles. The maximum atomic E-state index is 14.8. The van der Waals surface area contributed by atoms with Crippen LogP contribution in [-0.2, 0) is 79.5 Å². The Hall–Kier alpha value is -13.0. The topological polar surface area (TPSA) is 435 Å². The van der Waals surface area contributed by atoms with Gasteiger partial charge in [0.05, 0.1) is 101 Å². The van der Waals surface area contributed by atoms with Gasteiger partial charge in [0.1, 0.15) is 67.5 Å². The van der Waals surface area contributed by atoms with Crippen molar-refractivity contribution in [3.05, 3.63) is 252 Å². The Morgan fingerprint density at radius 3 is 1.29 bits per heavy atom. The van der Waals surface area contributed by atoms with Crippen LogP contribution in [0, 0.1) is 11.7 Å². The largest absolute Gasteiger partial charge is 0.462 e. The molecule has 6 aromatic heterocycles. The van der Waals surface area contributed by atoms with Gasteiger partial charge >= 0.3 is 36.0 Å². The van der Waals surface area contributed by atoms with Gasteiger partial charge in [-0.05, 0) is 95.5 Å². The molecule has 6 amide bonds. The van der Waals surface area contributed by atoms with Crippen molar-refractivity contribution in [1.29, 1.82) is 0 Å². The lowest BCUT2D eigenvalue weighted by molar-refractivity contribution is -0.158. The summed E-state index contributed by atoms with van der Waals surface area (Å²) in [6, 6.07) is 46.8. The second-order valence-electron chi connectivity index (χ2n) is 33.1. The SMILES string of the molecule is CCOC(=O)c1cccc(F)c1COCC1OC(n2cnc3c(NC(=O)NC4CC4)ncnc32)C2O[C@@H](c3ccccc3)OC12.CCOC(=O)c1ccccc1C(Cl)OCC1CC(n2cnc3c(NC(=O)NC4CC4)ncnc32)C2O[C@@H](c3ccccc3)OC12.CCOC(=O)c1ccccc1COCC1OC(n2cnc3c(NC(=O)NC4CC4)ncnc32)C2O[C@@H](c3ccccc3)OC12. The third-order valence-corrected chi connectivity index (χ3v) is 24.3. The van der Waals surface area contributed by atoms with Crippen LogP contribution >= 0.6 is 11.6 Å². The molecule has 0 radical (unpaired) electrons. The summed E-state index contributed by atoms with van der Waals surface area (Å²) < 4.78 is 106. The Kier molecular flexibility index (Phi) is 27.5. The lowest BCUT2D eigenvalue weighted by Gasteiger charge is -2.22. The smallest absolute Gasteiger partial charge is 0.338 e. The number of esters is 3. The van der Waals surface area contributed by atoms with E-state index in [2.05, 4.69) is 76.8 Å². The molecule has 40 heteroatoms. The monoisotopic (exact) mass is 1850 g/mol. The van der Waals surface area contributed by atoms with Crippen molar-refractivity contribution in [2.24, 2.45) is 5.92 Å². The first-order valence-electron chi connectivity index (χ1n) is 44.6. The molecule has 5 aliphatic heterocycles. The number of rotatable bonds is 30. The number of nitrogens with zero attached hydrogens (tertiary/aromatic N) is 12. The number of amides is 6. The number of alkyl halides is 1. The molecule has 16 atom stereocenters. The molecule has 9 aliphatic rings. The Balaban J connectivity index is 0.000000129. The van der Waals surface area contributed by atoms with Gasteiger partial charge in [0, 0.05) is 51.9 Å². The molecular weight excluding hydrogens is 1760 g/mol. The van der Waals surface area contributed by atoms with E-state index >= 15 is 0 Å². The molecule has 13 unspecified atom stereocenters. The van der Waals surface area contributed by atoms with Gasteiger partial charge in [0.2, 0.25) is 0 Å². The molecule has 134 heavy (non-hydrogen) atoms. The fraction of sp³-hybridized carbons (Fsp3) is 0.394. The Morgan fingerprint density at radius 1 is 0.418 bits per heavy atom. The number of hydrogen-bond donors (Lipinski definition) is 6. The highest BCUT2D eigenvalue weighted by Crippen LogP contribution is 2.51. The second-order valence-corrected chi connectivity index (χ2v) is 33.5. The number of hydrogen-bond acceptors (Lipinski definition) is 29. The van der Waals surface area contributed by atoms with Crippen LogP contribution in [-0.4, -0.2) is 201 Å². The maximum Gasteiger partial charge on any atom is 0.338 e. The minimum atomic E-state index is -0.882. The number of ether oxygens (including phenoxy) is 14. The van der Waals surface area contributed by atoms with Crippen molar-refractivity contribution in [3.8, 4) is 0 Å². The van der Waals surface area contributed by atoms with Crippen molar-refractivity contribution in [2.75, 3.05) is 55.6 Å². The van der Waals surface area contributed by atoms with Crippen molar-refractivity contribution in [3.63, 3.8) is 0 Å². The number of carbonyl (C=O) groups excluding carboxylic acids is 6. The average Bonchev–Trinajstić information content (AvgIpc) is 1.60. The number of imidazole rings is 3. The van der Waals surface area contributed by atoms with E-state index in [0.29, 0.717) is 73.8 Å². The van der Waals surface area contributed by atoms with Crippen LogP contribution in [0.3, 0.4) is 0 Å². The Bertz CT molecular complexity index is 6200. The number of anilines is 3. The summed E-state index contributed by atoms with van der Waals surface area (Å²) in [5, 5.41) is 17.0. The van der Waals surface area contributed by atoms with Crippen LogP contribution < -0.4 is 31.9 Å². The van der Waals surface area contributed by atoms with Crippen LogP contribution in [0.25, 0.3) is 33.5 Å². The van der Waals surface area contributed by atoms with Gasteiger partial charge < -0.3 is 86.8 Å². The number of benzene rings is 6. The van der Waals surface area contributed by atoms with Crippen molar-refractivity contribution in [1.82, 2.24) is 74.5 Å². The third-order valence-electron chi connectivity index (χ3n) is 24.0. The molecule has 696 valence electrons. The van der Waals surface area contributed by atoms with Crippen LogP contribution in [0.15, 0.2) is 196 Å². The van der Waals surface area contributed by atoms with Crippen LogP contribution in [0.2, 0.25) is 0 Å². The molecule has 21 rings (SSSR count). The lowest BCUT2D eigenvalue weighted by atomic mass is 10.1. The zero-order valence-corrected chi connectivity index (χ0v) is 73.6. The highest BCUT2D eigenvalue weighted by Gasteiger charge is 2.57. The van der Waals surface area contributed by atoms with E-state index in [1.165, 1.54) is 37.2 Å². The minimum absolute atomic E-state index is 0.00882. The summed E-state index contributed by atoms with van der Waals surface area (Å²) in [5.74, 6) is -1.25. The summed E-state index contributed by atoms with van der Waals surface area (Å²) in [6.07, 6.45) is 8.29. The van der Waals surface area contributed by atoms with Crippen molar-refractivity contribution in [2.45, 2.75) is 189 Å². The first-order chi connectivity index (χ1) is 65.6. The first kappa shape index (κ1) is 90.2. The lowest BCUT2D eigenvalue weighted by Crippen LogP contribution is -2.32. The van der Waals surface area contributed by atoms with E-state index in [9.17, 15) is 33.2 Å². The fourth-order valence-electron chi connectivity index (χ4n) is 17.1. The Morgan fingerprint density at radius 2 is 0.813 bits per heavy atom. The molecule has 11 heterocycles. The van der Waals surface area contributed by atoms with Crippen molar-refractivity contribution < 1.29 is 99.5 Å². The van der Waals surface area contributed by atoms with Crippen LogP contribution in [0.4, 0.5) is 36.2 Å². The molecule has 5 saturated heterocycles. The van der Waals surface area contributed by atoms with E-state index in [1.54, 1.807) is 79.2 Å². The number of nitrogens with one attached hydrogen (secondary N) is 6. The second kappa shape index (κ2) is 40.8. The van der Waals surface area contributed by atoms with Gasteiger partial charge in [0.25, 0.3) is 0 Å². The highest BCUT2D eigenvalue weighted by atomic mass is 35.5. The normalized spacial score (nSPS) is 24.3. The summed E-state index contributed by atoms with van der Waals surface area (Å²) in [4.78, 5) is 114. The third kappa shape index (κ3) is 20.1. The zero-order chi connectivity index (χ0) is 91.9. The van der Waals surface area contributed by atoms with E-state index in [1.807, 2.05) is 114 Å². The van der Waals surface area contributed by atoms with E-state index in [0.717, 1.165) is 55.2 Å². The molecule has 38 nitrogen and oxygen atoms in total. The fourth-order valence-corrected chi connectivity index (χ4v) is 17.4. The molecule has 9 fully saturated rings. The molecule has 4 saturated carbocycles. The predicted molar refractivity (Wildman–Crippen MR) is 474 cm³/mol. The van der Waals surface area contributed by atoms with Crippen molar-refractivity contribution >= 4 is 98.5 Å². The quantitative estimate of drug-likeness (QED) is 0.0138. The number of carbonyl (C=O) groups is 6. The number of aromatic nitrogens is 12. The van der Waals surface area contributed by atoms with Gasteiger partial charge in [-0.3, -0.25) is 25.1 Å². The van der Waals surface area contributed by atoms with E-state index < -0.39 is 97.2 Å². The standard InChI is InChI=1S/C32H33ClN6O6.C31H31FN6O7.C31H32N6O7/c1-2-42-30(40)22-11-7-6-10-21(22)27(33)43-15-19-14-23(26-25(19)44-31(45-26)18-8-4-3-5-9-18)39-17-36-24-28(34-16-35-29(24)39)38-32(41)37-20-12-13-20;1-2-42-29(39)19-9-6-10-21(32)20(19)13-41-14-22-24-25(45-30(44-24)17-7-4-3-5-8-17)28(43-22)38-16-35-23-26(33-15-34-27(23)38)37-31(40)36-18-11-12-18;1-2-41-29(38)21-11-7-6-10-19(21)14-40-15-22-24-25(44-30(43-24)18-8-4-3-5-9-18)28(42-22)37-17-34-23-26(32-16-33-27(23)37)36-31(39)35-20-12-13-20/h3-11,16-17,19-20,23,25-27,31H,2,12-15H2,1H3,(H2,34,35,37,38,41);3-10,15-16,18,22,24-25,28,30H,2,11-14H2,1H3,(H2,33,34,36,37,40);3-11,16-17,20,22,24-25,28,30H,2,12-15H2,1H3,(H2,32,33,35,36,39)/t19?,23?,25?,26?,27?,31-;2*22?,24?,25?,28?,30-/m000/s1. The molecule has 0 spiro atoms. The van der Waals surface area contributed by atoms with E-state index in [-0.39, 0.29) is 130 Å².